The van der Waals surface area contributed by atoms with Crippen LogP contribution in [0, 0.1) is 0 Å². The molecule has 0 saturated heterocycles. The predicted molar refractivity (Wildman–Crippen MR) is 37.0 cm³/mol. The summed E-state index contributed by atoms with van der Waals surface area (Å²) in [6.45, 7) is -0.259. The Morgan fingerprint density at radius 2 is 2.50 bits per heavy atom. The molecule has 3 heteroatoms. The molecule has 0 aromatic carbocycles. The molecule has 0 bridgehead atoms. The highest BCUT2D eigenvalue weighted by Crippen LogP contribution is 2.55. The maximum Gasteiger partial charge on any atom is 0.176 e. The molecule has 0 saturated carbocycles. The van der Waals surface area contributed by atoms with Crippen molar-refractivity contribution >= 4 is 17.7 Å². The maximum absolute atomic E-state index is 10.9. The topological polar surface area (TPSA) is 17.1 Å². The van der Waals surface area contributed by atoms with Gasteiger partial charge in [-0.15, -0.1) is 0 Å². The zero-order chi connectivity index (χ0) is 6.20. The Morgan fingerprint density at radius 1 is 1.88 bits per heavy atom. The Balaban J connectivity index is 2.69. The molecule has 1 rings (SSSR count). The quantitative estimate of drug-likeness (QED) is 0.383. The highest BCUT2D eigenvalue weighted by molar-refractivity contribution is 7.89. The van der Waals surface area contributed by atoms with Gasteiger partial charge in [-0.05, 0) is 6.92 Å². The molecule has 1 unspecified atom stereocenters. The third kappa shape index (κ3) is 1.37. The summed E-state index contributed by atoms with van der Waals surface area (Å²) in [6, 6.07) is 0. The third-order valence-electron chi connectivity index (χ3n) is 1.20. The summed E-state index contributed by atoms with van der Waals surface area (Å²) in [5, 5.41) is 0. The molecule has 1 atom stereocenters. The number of rotatable bonds is 0. The van der Waals surface area contributed by atoms with Gasteiger partial charge in [-0.25, -0.2) is 0 Å². The fourth-order valence-electron chi connectivity index (χ4n) is 0.794. The minimum atomic E-state index is -2.22. The molecule has 1 aliphatic rings. The largest absolute Gasteiger partial charge is 0.306 e. The molecule has 0 spiro atoms. The first-order valence-corrected chi connectivity index (χ1v) is 5.52. The van der Waals surface area contributed by atoms with Gasteiger partial charge in [0, 0.05) is 12.3 Å². The lowest BCUT2D eigenvalue weighted by atomic mass is 10.3. The Morgan fingerprint density at radius 3 is 2.62 bits per heavy atom. The first-order chi connectivity index (χ1) is 3.60. The van der Waals surface area contributed by atoms with E-state index in [0.717, 1.165) is 0 Å². The Hall–Kier alpha value is 0.260. The number of hydrogen-bond acceptors (Lipinski definition) is 1. The smallest absolute Gasteiger partial charge is 0.176 e. The van der Waals surface area contributed by atoms with Crippen LogP contribution in [0.15, 0.2) is 11.6 Å². The zero-order valence-corrected chi connectivity index (χ0v) is 6.38. The van der Waals surface area contributed by atoms with E-state index in [9.17, 15) is 4.57 Å². The van der Waals surface area contributed by atoms with Crippen molar-refractivity contribution in [2.24, 2.45) is 0 Å². The lowest BCUT2D eigenvalue weighted by molar-refractivity contribution is 0.588. The molecule has 8 heavy (non-hydrogen) atoms. The molecule has 0 amide bonds. The lowest BCUT2D eigenvalue weighted by Gasteiger charge is -1.96. The second kappa shape index (κ2) is 1.89. The molecule has 0 aromatic heterocycles. The fraction of sp³-hybridized carbons (Fsp3) is 0.600. The molecule has 0 aromatic rings. The van der Waals surface area contributed by atoms with Crippen molar-refractivity contribution in [3.8, 4) is 0 Å². The average molecular weight is 151 g/mol. The van der Waals surface area contributed by atoms with E-state index in [0.29, 0.717) is 12.3 Å². The van der Waals surface area contributed by atoms with Crippen molar-refractivity contribution < 1.29 is 4.57 Å². The number of hydrogen-bond donors (Lipinski definition) is 0. The first-order valence-electron chi connectivity index (χ1n) is 2.53. The van der Waals surface area contributed by atoms with E-state index in [1.165, 1.54) is 5.57 Å². The molecular weight excluding hydrogens is 142 g/mol. The summed E-state index contributed by atoms with van der Waals surface area (Å²) in [5.41, 5.74) is 1.17. The van der Waals surface area contributed by atoms with Gasteiger partial charge in [0.2, 0.25) is 0 Å². The number of allylic oxidation sites excluding steroid dienone is 2. The summed E-state index contributed by atoms with van der Waals surface area (Å²) >= 11 is 5.57. The van der Waals surface area contributed by atoms with Crippen LogP contribution in [0.5, 0.6) is 0 Å². The van der Waals surface area contributed by atoms with E-state index in [1.54, 1.807) is 0 Å². The Labute approximate surface area is 53.9 Å². The highest BCUT2D eigenvalue weighted by atomic mass is 35.7. The van der Waals surface area contributed by atoms with Crippen LogP contribution in [0.4, 0.5) is 0 Å². The Bertz CT molecular complexity index is 173. The summed E-state index contributed by atoms with van der Waals surface area (Å²) in [7, 11) is 0. The third-order valence-corrected chi connectivity index (χ3v) is 3.67. The predicted octanol–water partition coefficient (Wildman–Crippen LogP) is 2.46. The van der Waals surface area contributed by atoms with Gasteiger partial charge in [0.05, 0.1) is 0 Å². The average Bonchev–Trinajstić information content (AvgIpc) is 1.82. The molecular formula is C5H8ClOP. The second-order valence-corrected chi connectivity index (χ2v) is 6.29. The zero-order valence-electron chi connectivity index (χ0n) is 4.72. The molecule has 1 aliphatic heterocycles. The highest BCUT2D eigenvalue weighted by Gasteiger charge is 2.22. The van der Waals surface area contributed by atoms with E-state index in [2.05, 4.69) is 0 Å². The lowest BCUT2D eigenvalue weighted by Crippen LogP contribution is -1.74. The number of halogens is 1. The van der Waals surface area contributed by atoms with E-state index >= 15 is 0 Å². The van der Waals surface area contributed by atoms with Crippen molar-refractivity contribution in [1.82, 2.24) is 0 Å². The van der Waals surface area contributed by atoms with Crippen LogP contribution >= 0.6 is 17.7 Å². The van der Waals surface area contributed by atoms with Crippen LogP contribution in [-0.2, 0) is 4.57 Å². The van der Waals surface area contributed by atoms with Gasteiger partial charge in [0.15, 0.2) is 6.49 Å². The molecule has 0 fully saturated rings. The van der Waals surface area contributed by atoms with E-state index in [4.69, 9.17) is 11.2 Å². The molecule has 0 N–H and O–H groups in total. The van der Waals surface area contributed by atoms with Gasteiger partial charge < -0.3 is 4.57 Å². The van der Waals surface area contributed by atoms with Gasteiger partial charge in [0.25, 0.3) is 0 Å². The van der Waals surface area contributed by atoms with E-state index < -0.39 is 6.49 Å². The van der Waals surface area contributed by atoms with E-state index in [-0.39, 0.29) is 0 Å². The summed E-state index contributed by atoms with van der Waals surface area (Å²) in [5.74, 6) is 0. The first kappa shape index (κ1) is 6.38. The summed E-state index contributed by atoms with van der Waals surface area (Å²) in [6.07, 6.45) is 3.17. The standard InChI is InChI=1S/C5H8ClOP/c1-5-2-3-8(6,7)4-5/h2H,3-4H2,1H3. The van der Waals surface area contributed by atoms with E-state index in [1.807, 2.05) is 13.0 Å². The monoisotopic (exact) mass is 150 g/mol. The van der Waals surface area contributed by atoms with Crippen LogP contribution < -0.4 is 0 Å². The molecule has 46 valence electrons. The van der Waals surface area contributed by atoms with Crippen molar-refractivity contribution in [1.29, 1.82) is 0 Å². The minimum Gasteiger partial charge on any atom is -0.306 e. The summed E-state index contributed by atoms with van der Waals surface area (Å²) in [4.78, 5) is 0. The molecule has 0 aliphatic carbocycles. The van der Waals surface area contributed by atoms with Gasteiger partial charge in [-0.1, -0.05) is 22.9 Å². The molecule has 0 radical (unpaired) electrons. The van der Waals surface area contributed by atoms with Crippen molar-refractivity contribution in [3.05, 3.63) is 11.6 Å². The van der Waals surface area contributed by atoms with Crippen LogP contribution in [-0.4, -0.2) is 12.3 Å². The minimum absolute atomic E-state index is 0.598. The van der Waals surface area contributed by atoms with Gasteiger partial charge in [-0.3, -0.25) is 0 Å². The molecule has 1 heterocycles. The normalized spacial score (nSPS) is 37.5. The molecule has 1 nitrogen and oxygen atoms in total. The second-order valence-electron chi connectivity index (χ2n) is 2.18. The van der Waals surface area contributed by atoms with Gasteiger partial charge in [0.1, 0.15) is 0 Å². The van der Waals surface area contributed by atoms with Crippen LogP contribution in [0.25, 0.3) is 0 Å². The van der Waals surface area contributed by atoms with Crippen LogP contribution in [0.3, 0.4) is 0 Å². The van der Waals surface area contributed by atoms with Crippen molar-refractivity contribution in [2.45, 2.75) is 6.92 Å². The van der Waals surface area contributed by atoms with Gasteiger partial charge >= 0.3 is 0 Å². The van der Waals surface area contributed by atoms with Gasteiger partial charge in [-0.2, -0.15) is 0 Å². The SMILES string of the molecule is CC1=CCP(=O)(Cl)C1. The van der Waals surface area contributed by atoms with Crippen LogP contribution in [0.2, 0.25) is 0 Å². The van der Waals surface area contributed by atoms with Crippen molar-refractivity contribution in [2.75, 3.05) is 12.3 Å². The Kier molecular flexibility index (Phi) is 1.51. The van der Waals surface area contributed by atoms with Crippen LogP contribution in [0.1, 0.15) is 6.92 Å². The maximum atomic E-state index is 10.9. The van der Waals surface area contributed by atoms with Crippen molar-refractivity contribution in [3.63, 3.8) is 0 Å². The summed E-state index contributed by atoms with van der Waals surface area (Å²) < 4.78 is 10.9. The fourth-order valence-corrected chi connectivity index (χ4v) is 3.15.